The van der Waals surface area contributed by atoms with Gasteiger partial charge < -0.3 is 16.4 Å². The standard InChI is InChI=1S/C13H21N3O/c1-8(2)16(9(3)4)12-6-5-10(13(15)17)7-11(12)14/h5-9H,14H2,1-4H3,(H2,15,17). The van der Waals surface area contributed by atoms with Gasteiger partial charge in [0.2, 0.25) is 5.91 Å². The first-order chi connectivity index (χ1) is 7.84. The lowest BCUT2D eigenvalue weighted by Gasteiger charge is -2.34. The summed E-state index contributed by atoms with van der Waals surface area (Å²) in [4.78, 5) is 13.3. The van der Waals surface area contributed by atoms with E-state index in [4.69, 9.17) is 11.5 Å². The van der Waals surface area contributed by atoms with Crippen molar-refractivity contribution in [2.24, 2.45) is 5.73 Å². The average molecular weight is 235 g/mol. The van der Waals surface area contributed by atoms with Gasteiger partial charge in [-0.2, -0.15) is 0 Å². The van der Waals surface area contributed by atoms with E-state index in [-0.39, 0.29) is 0 Å². The molecule has 1 rings (SSSR count). The van der Waals surface area contributed by atoms with Crippen molar-refractivity contribution in [3.05, 3.63) is 23.8 Å². The smallest absolute Gasteiger partial charge is 0.248 e. The van der Waals surface area contributed by atoms with Crippen molar-refractivity contribution >= 4 is 17.3 Å². The third kappa shape index (κ3) is 2.90. The molecule has 0 bridgehead atoms. The molecule has 0 unspecified atom stereocenters. The number of benzene rings is 1. The zero-order chi connectivity index (χ0) is 13.2. The molecule has 0 heterocycles. The Morgan fingerprint density at radius 2 is 1.71 bits per heavy atom. The molecule has 0 saturated carbocycles. The molecule has 1 aromatic carbocycles. The van der Waals surface area contributed by atoms with Gasteiger partial charge in [0.05, 0.1) is 11.4 Å². The third-order valence-electron chi connectivity index (χ3n) is 2.70. The predicted molar refractivity (Wildman–Crippen MR) is 72.1 cm³/mol. The minimum Gasteiger partial charge on any atom is -0.397 e. The van der Waals surface area contributed by atoms with Gasteiger partial charge in [-0.3, -0.25) is 4.79 Å². The molecule has 0 radical (unpaired) electrons. The number of nitrogens with two attached hydrogens (primary N) is 2. The highest BCUT2D eigenvalue weighted by molar-refractivity contribution is 5.94. The number of amides is 1. The van der Waals surface area contributed by atoms with Gasteiger partial charge >= 0.3 is 0 Å². The molecule has 4 heteroatoms. The van der Waals surface area contributed by atoms with Crippen molar-refractivity contribution in [1.29, 1.82) is 0 Å². The first-order valence-corrected chi connectivity index (χ1v) is 5.82. The average Bonchev–Trinajstić information content (AvgIpc) is 2.19. The Kier molecular flexibility index (Phi) is 3.99. The Balaban J connectivity index is 3.18. The maximum atomic E-state index is 11.1. The second kappa shape index (κ2) is 5.08. The van der Waals surface area contributed by atoms with E-state index in [1.807, 2.05) is 6.07 Å². The molecular weight excluding hydrogens is 214 g/mol. The molecule has 0 fully saturated rings. The second-order valence-electron chi connectivity index (χ2n) is 4.73. The summed E-state index contributed by atoms with van der Waals surface area (Å²) in [6.07, 6.45) is 0. The minimum absolute atomic E-state index is 0.344. The minimum atomic E-state index is -0.455. The van der Waals surface area contributed by atoms with E-state index in [2.05, 4.69) is 32.6 Å². The van der Waals surface area contributed by atoms with Crippen LogP contribution in [0.25, 0.3) is 0 Å². The fourth-order valence-corrected chi connectivity index (χ4v) is 2.10. The van der Waals surface area contributed by atoms with Crippen molar-refractivity contribution in [3.63, 3.8) is 0 Å². The highest BCUT2D eigenvalue weighted by Crippen LogP contribution is 2.27. The Morgan fingerprint density at radius 3 is 2.06 bits per heavy atom. The lowest BCUT2D eigenvalue weighted by Crippen LogP contribution is -2.37. The van der Waals surface area contributed by atoms with E-state index in [0.29, 0.717) is 23.3 Å². The zero-order valence-electron chi connectivity index (χ0n) is 10.9. The molecule has 1 aromatic rings. The monoisotopic (exact) mass is 235 g/mol. The first-order valence-electron chi connectivity index (χ1n) is 5.82. The first kappa shape index (κ1) is 13.4. The van der Waals surface area contributed by atoms with Gasteiger partial charge in [0.15, 0.2) is 0 Å². The molecule has 4 nitrogen and oxygen atoms in total. The molecule has 94 valence electrons. The number of rotatable bonds is 4. The lowest BCUT2D eigenvalue weighted by atomic mass is 10.1. The van der Waals surface area contributed by atoms with Crippen LogP contribution in [0.5, 0.6) is 0 Å². The van der Waals surface area contributed by atoms with Crippen molar-refractivity contribution in [1.82, 2.24) is 0 Å². The van der Waals surface area contributed by atoms with Crippen LogP contribution in [0.1, 0.15) is 38.1 Å². The van der Waals surface area contributed by atoms with E-state index >= 15 is 0 Å². The largest absolute Gasteiger partial charge is 0.397 e. The zero-order valence-corrected chi connectivity index (χ0v) is 10.9. The summed E-state index contributed by atoms with van der Waals surface area (Å²) in [5.41, 5.74) is 13.2. The fourth-order valence-electron chi connectivity index (χ4n) is 2.10. The SMILES string of the molecule is CC(C)N(c1ccc(C(N)=O)cc1N)C(C)C. The van der Waals surface area contributed by atoms with E-state index in [1.165, 1.54) is 0 Å². The van der Waals surface area contributed by atoms with Crippen molar-refractivity contribution < 1.29 is 4.79 Å². The number of carbonyl (C=O) groups is 1. The molecule has 0 aromatic heterocycles. The van der Waals surface area contributed by atoms with E-state index in [0.717, 1.165) is 5.69 Å². The van der Waals surface area contributed by atoms with Crippen molar-refractivity contribution in [3.8, 4) is 0 Å². The molecule has 0 atom stereocenters. The van der Waals surface area contributed by atoms with Gasteiger partial charge in [-0.15, -0.1) is 0 Å². The van der Waals surface area contributed by atoms with Crippen LogP contribution in [0.15, 0.2) is 18.2 Å². The Bertz CT molecular complexity index is 405. The highest BCUT2D eigenvalue weighted by Gasteiger charge is 2.17. The summed E-state index contributed by atoms with van der Waals surface area (Å²) in [6.45, 7) is 8.45. The van der Waals surface area contributed by atoms with Crippen LogP contribution in [-0.4, -0.2) is 18.0 Å². The van der Waals surface area contributed by atoms with Gasteiger partial charge in [0.25, 0.3) is 0 Å². The second-order valence-corrected chi connectivity index (χ2v) is 4.73. The summed E-state index contributed by atoms with van der Waals surface area (Å²) < 4.78 is 0. The topological polar surface area (TPSA) is 72.3 Å². The van der Waals surface area contributed by atoms with Gasteiger partial charge in [-0.25, -0.2) is 0 Å². The van der Waals surface area contributed by atoms with Crippen LogP contribution in [-0.2, 0) is 0 Å². The van der Waals surface area contributed by atoms with Gasteiger partial charge in [0.1, 0.15) is 0 Å². The summed E-state index contributed by atoms with van der Waals surface area (Å²) >= 11 is 0. The molecule has 17 heavy (non-hydrogen) atoms. The van der Waals surface area contributed by atoms with Crippen molar-refractivity contribution in [2.45, 2.75) is 39.8 Å². The third-order valence-corrected chi connectivity index (χ3v) is 2.70. The van der Waals surface area contributed by atoms with Crippen LogP contribution < -0.4 is 16.4 Å². The summed E-state index contributed by atoms with van der Waals surface area (Å²) in [7, 11) is 0. The summed E-state index contributed by atoms with van der Waals surface area (Å²) in [5, 5.41) is 0. The van der Waals surface area contributed by atoms with E-state index in [9.17, 15) is 4.79 Å². The fraction of sp³-hybridized carbons (Fsp3) is 0.462. The van der Waals surface area contributed by atoms with Gasteiger partial charge in [0, 0.05) is 17.6 Å². The number of nitrogen functional groups attached to an aromatic ring is 1. The quantitative estimate of drug-likeness (QED) is 0.784. The molecule has 1 amide bonds. The molecule has 0 saturated heterocycles. The lowest BCUT2D eigenvalue weighted by molar-refractivity contribution is 0.100. The highest BCUT2D eigenvalue weighted by atomic mass is 16.1. The Labute approximate surface area is 103 Å². The summed E-state index contributed by atoms with van der Waals surface area (Å²) in [5.74, 6) is -0.455. The van der Waals surface area contributed by atoms with Gasteiger partial charge in [-0.05, 0) is 45.9 Å². The van der Waals surface area contributed by atoms with Crippen LogP contribution in [0.2, 0.25) is 0 Å². The Hall–Kier alpha value is -1.71. The number of hydrogen-bond acceptors (Lipinski definition) is 3. The summed E-state index contributed by atoms with van der Waals surface area (Å²) in [6, 6.07) is 5.89. The van der Waals surface area contributed by atoms with Crippen LogP contribution in [0, 0.1) is 0 Å². The molecule has 0 aliphatic rings. The van der Waals surface area contributed by atoms with Gasteiger partial charge in [-0.1, -0.05) is 0 Å². The molecule has 0 aliphatic carbocycles. The number of nitrogens with zero attached hydrogens (tertiary/aromatic N) is 1. The molecule has 0 aliphatic heterocycles. The maximum Gasteiger partial charge on any atom is 0.248 e. The van der Waals surface area contributed by atoms with E-state index in [1.54, 1.807) is 12.1 Å². The number of hydrogen-bond donors (Lipinski definition) is 2. The van der Waals surface area contributed by atoms with Crippen molar-refractivity contribution in [2.75, 3.05) is 10.6 Å². The Morgan fingerprint density at radius 1 is 1.18 bits per heavy atom. The number of primary amides is 1. The van der Waals surface area contributed by atoms with Crippen LogP contribution in [0.3, 0.4) is 0 Å². The normalized spacial score (nSPS) is 10.9. The number of anilines is 2. The molecule has 4 N–H and O–H groups in total. The van der Waals surface area contributed by atoms with Crippen LogP contribution in [0.4, 0.5) is 11.4 Å². The molecule has 0 spiro atoms. The predicted octanol–water partition coefficient (Wildman–Crippen LogP) is 1.99. The maximum absolute atomic E-state index is 11.1. The molecular formula is C13H21N3O. The van der Waals surface area contributed by atoms with E-state index < -0.39 is 5.91 Å². The number of carbonyl (C=O) groups excluding carboxylic acids is 1. The van der Waals surface area contributed by atoms with Crippen LogP contribution >= 0.6 is 0 Å².